The first-order chi connectivity index (χ1) is 13.8. The summed E-state index contributed by atoms with van der Waals surface area (Å²) in [5.74, 6) is -0.00993. The van der Waals surface area contributed by atoms with Gasteiger partial charge in [0.05, 0.1) is 5.60 Å². The quantitative estimate of drug-likeness (QED) is 0.367. The second-order valence-corrected chi connectivity index (χ2v) is 8.46. The molecule has 0 fully saturated rings. The fraction of sp³-hybridized carbons (Fsp3) is 0.960. The number of carbonyl (C=O) groups excluding carboxylic acids is 1. The second-order valence-electron chi connectivity index (χ2n) is 8.46. The van der Waals surface area contributed by atoms with Crippen LogP contribution >= 0.6 is 0 Å². The lowest BCUT2D eigenvalue weighted by Gasteiger charge is -2.29. The van der Waals surface area contributed by atoms with E-state index in [1.165, 1.54) is 6.42 Å². The zero-order valence-electron chi connectivity index (χ0n) is 23.3. The first kappa shape index (κ1) is 39.8. The summed E-state index contributed by atoms with van der Waals surface area (Å²) >= 11 is 0. The fourth-order valence-electron chi connectivity index (χ4n) is 1.86. The molecule has 0 aromatic carbocycles. The molecular formula is C25H60N2O3. The number of ether oxygens (including phenoxy) is 1. The number of hydrogen-bond acceptors (Lipinski definition) is 4. The van der Waals surface area contributed by atoms with Gasteiger partial charge in [0.2, 0.25) is 5.91 Å². The molecule has 0 spiro atoms. The molecule has 0 aliphatic carbocycles. The molecule has 0 aliphatic heterocycles. The van der Waals surface area contributed by atoms with Crippen molar-refractivity contribution in [3.8, 4) is 0 Å². The van der Waals surface area contributed by atoms with Gasteiger partial charge in [-0.3, -0.25) is 4.79 Å². The van der Waals surface area contributed by atoms with Gasteiger partial charge in [-0.05, 0) is 60.8 Å². The van der Waals surface area contributed by atoms with Crippen LogP contribution < -0.4 is 11.1 Å². The summed E-state index contributed by atoms with van der Waals surface area (Å²) in [6.07, 6.45) is 3.64. The van der Waals surface area contributed by atoms with E-state index in [0.717, 1.165) is 6.42 Å². The maximum atomic E-state index is 11.9. The van der Waals surface area contributed by atoms with E-state index in [9.17, 15) is 4.79 Å². The first-order valence-electron chi connectivity index (χ1n) is 12.1. The van der Waals surface area contributed by atoms with E-state index in [4.69, 9.17) is 15.6 Å². The lowest BCUT2D eigenvalue weighted by atomic mass is 9.98. The highest BCUT2D eigenvalue weighted by atomic mass is 16.5. The van der Waals surface area contributed by atoms with Crippen molar-refractivity contribution in [2.75, 3.05) is 13.2 Å². The predicted molar refractivity (Wildman–Crippen MR) is 136 cm³/mol. The molecule has 0 saturated heterocycles. The van der Waals surface area contributed by atoms with Crippen molar-refractivity contribution in [1.29, 1.82) is 0 Å². The average Bonchev–Trinajstić information content (AvgIpc) is 2.64. The Morgan fingerprint density at radius 2 is 1.27 bits per heavy atom. The van der Waals surface area contributed by atoms with Crippen molar-refractivity contribution in [3.63, 3.8) is 0 Å². The van der Waals surface area contributed by atoms with Gasteiger partial charge in [0.15, 0.2) is 0 Å². The van der Waals surface area contributed by atoms with Crippen LogP contribution in [0, 0.1) is 0 Å². The predicted octanol–water partition coefficient (Wildman–Crippen LogP) is 6.46. The highest BCUT2D eigenvalue weighted by molar-refractivity contribution is 5.76. The number of carbonyl (C=O) groups is 1. The van der Waals surface area contributed by atoms with Gasteiger partial charge in [-0.15, -0.1) is 0 Å². The molecular weight excluding hydrogens is 376 g/mol. The standard InChI is InChI=1S/C16H34N2O3.C3H8.3C2H6/c1-14(2,17)10-12-21-16(5,6)8-7-13(20)18-15(3,4)9-11-19;1-3-2;3*1-2/h19H,7-12,17H2,1-6H3,(H,18,20);3H2,1-2H3;3*1-2H3. The minimum atomic E-state index is -0.375. The molecule has 0 heterocycles. The van der Waals surface area contributed by atoms with Gasteiger partial charge >= 0.3 is 0 Å². The maximum Gasteiger partial charge on any atom is 0.220 e. The van der Waals surface area contributed by atoms with Crippen molar-refractivity contribution >= 4 is 5.91 Å². The van der Waals surface area contributed by atoms with E-state index in [2.05, 4.69) is 19.2 Å². The summed E-state index contributed by atoms with van der Waals surface area (Å²) in [6, 6.07) is 0. The average molecular weight is 437 g/mol. The van der Waals surface area contributed by atoms with Gasteiger partial charge in [-0.2, -0.15) is 0 Å². The topological polar surface area (TPSA) is 84.6 Å². The normalized spacial score (nSPS) is 10.5. The molecule has 30 heavy (non-hydrogen) atoms. The van der Waals surface area contributed by atoms with Crippen LogP contribution in [0.3, 0.4) is 0 Å². The van der Waals surface area contributed by atoms with Crippen molar-refractivity contribution in [2.45, 2.75) is 146 Å². The summed E-state index contributed by atoms with van der Waals surface area (Å²) in [4.78, 5) is 11.9. The van der Waals surface area contributed by atoms with E-state index in [1.54, 1.807) is 0 Å². The molecule has 5 heteroatoms. The van der Waals surface area contributed by atoms with E-state index < -0.39 is 0 Å². The molecule has 1 amide bonds. The molecule has 0 aromatic heterocycles. The molecule has 0 unspecified atom stereocenters. The SMILES string of the molecule is CC.CC.CC.CC(C)(N)CCOC(C)(C)CCC(=O)NC(C)(C)CCO.CCC. The van der Waals surface area contributed by atoms with E-state index >= 15 is 0 Å². The summed E-state index contributed by atoms with van der Waals surface area (Å²) in [6.45, 7) is 28.6. The number of nitrogens with one attached hydrogen (secondary N) is 1. The van der Waals surface area contributed by atoms with Gasteiger partial charge in [-0.1, -0.05) is 61.8 Å². The Balaban J connectivity index is -0.000000200. The molecule has 0 atom stereocenters. The number of rotatable bonds is 10. The van der Waals surface area contributed by atoms with E-state index in [1.807, 2.05) is 83.1 Å². The van der Waals surface area contributed by atoms with Gasteiger partial charge in [0, 0.05) is 30.7 Å². The van der Waals surface area contributed by atoms with Crippen molar-refractivity contribution in [1.82, 2.24) is 5.32 Å². The lowest BCUT2D eigenvalue weighted by molar-refractivity contribution is -0.124. The largest absolute Gasteiger partial charge is 0.396 e. The van der Waals surface area contributed by atoms with Crippen LogP contribution in [0.1, 0.15) is 129 Å². The number of nitrogens with two attached hydrogens (primary N) is 1. The van der Waals surface area contributed by atoms with Crippen LogP contribution in [-0.2, 0) is 9.53 Å². The maximum absolute atomic E-state index is 11.9. The highest BCUT2D eigenvalue weighted by Gasteiger charge is 2.24. The molecule has 0 radical (unpaired) electrons. The highest BCUT2D eigenvalue weighted by Crippen LogP contribution is 2.19. The molecule has 4 N–H and O–H groups in total. The third-order valence-electron chi connectivity index (χ3n) is 3.41. The fourth-order valence-corrected chi connectivity index (χ4v) is 1.86. The van der Waals surface area contributed by atoms with E-state index in [-0.39, 0.29) is 29.2 Å². The van der Waals surface area contributed by atoms with E-state index in [0.29, 0.717) is 25.9 Å². The number of hydrogen-bond donors (Lipinski definition) is 3. The Morgan fingerprint density at radius 1 is 0.867 bits per heavy atom. The minimum absolute atomic E-state index is 0.00993. The summed E-state index contributed by atoms with van der Waals surface area (Å²) in [5.41, 5.74) is 4.97. The van der Waals surface area contributed by atoms with Crippen LogP contribution in [0.5, 0.6) is 0 Å². The van der Waals surface area contributed by atoms with Gasteiger partial charge in [-0.25, -0.2) is 0 Å². The first-order valence-corrected chi connectivity index (χ1v) is 12.1. The third-order valence-corrected chi connectivity index (χ3v) is 3.41. The molecule has 0 saturated carbocycles. The zero-order valence-corrected chi connectivity index (χ0v) is 23.3. The minimum Gasteiger partial charge on any atom is -0.396 e. The van der Waals surface area contributed by atoms with Crippen LogP contribution in [0.4, 0.5) is 0 Å². The molecule has 188 valence electrons. The number of aliphatic hydroxyl groups excluding tert-OH is 1. The van der Waals surface area contributed by atoms with Gasteiger partial charge in [0.1, 0.15) is 0 Å². The monoisotopic (exact) mass is 436 g/mol. The number of amides is 1. The molecule has 5 nitrogen and oxygen atoms in total. The Bertz CT molecular complexity index is 336. The summed E-state index contributed by atoms with van der Waals surface area (Å²) < 4.78 is 5.83. The van der Waals surface area contributed by atoms with Crippen molar-refractivity contribution in [3.05, 3.63) is 0 Å². The molecule has 0 aromatic rings. The van der Waals surface area contributed by atoms with Crippen molar-refractivity contribution in [2.24, 2.45) is 5.73 Å². The second kappa shape index (κ2) is 24.6. The third kappa shape index (κ3) is 38.0. The van der Waals surface area contributed by atoms with Gasteiger partial charge < -0.3 is 20.9 Å². The van der Waals surface area contributed by atoms with Crippen LogP contribution in [0.15, 0.2) is 0 Å². The van der Waals surface area contributed by atoms with Crippen LogP contribution in [-0.4, -0.2) is 40.9 Å². The lowest BCUT2D eigenvalue weighted by Crippen LogP contribution is -2.44. The zero-order chi connectivity index (χ0) is 25.4. The Labute approximate surface area is 190 Å². The Kier molecular flexibility index (Phi) is 32.6. The number of aliphatic hydroxyl groups is 1. The molecule has 0 rings (SSSR count). The van der Waals surface area contributed by atoms with Crippen molar-refractivity contribution < 1.29 is 14.6 Å². The Morgan fingerprint density at radius 3 is 1.60 bits per heavy atom. The smallest absolute Gasteiger partial charge is 0.220 e. The summed E-state index contributed by atoms with van der Waals surface area (Å²) in [7, 11) is 0. The van der Waals surface area contributed by atoms with Crippen LogP contribution in [0.25, 0.3) is 0 Å². The molecule has 0 bridgehead atoms. The van der Waals surface area contributed by atoms with Crippen LogP contribution in [0.2, 0.25) is 0 Å². The molecule has 0 aliphatic rings. The summed E-state index contributed by atoms with van der Waals surface area (Å²) in [5, 5.41) is 11.9. The Hall–Kier alpha value is -0.650. The van der Waals surface area contributed by atoms with Gasteiger partial charge in [0.25, 0.3) is 0 Å².